The predicted molar refractivity (Wildman–Crippen MR) is 65.7 cm³/mol. The van der Waals surface area contributed by atoms with E-state index in [-0.39, 0.29) is 0 Å². The van der Waals surface area contributed by atoms with E-state index in [1.54, 1.807) is 0 Å². The van der Waals surface area contributed by atoms with Crippen LogP contribution in [0.4, 0.5) is 0 Å². The van der Waals surface area contributed by atoms with Crippen molar-refractivity contribution < 1.29 is 4.74 Å². The Labute approximate surface area is 90.5 Å². The third-order valence-corrected chi connectivity index (χ3v) is 1.86. The molecule has 0 aromatic carbocycles. The normalized spacial score (nSPS) is 8.93. The molecular formula is C13H28O. The van der Waals surface area contributed by atoms with Crippen molar-refractivity contribution in [3.8, 4) is 0 Å². The molecule has 0 saturated carbocycles. The largest absolute Gasteiger partial charge is 0.381 e. The minimum atomic E-state index is 0.955. The zero-order valence-electron chi connectivity index (χ0n) is 10.7. The highest BCUT2D eigenvalue weighted by atomic mass is 16.5. The number of hydrogen-bond donors (Lipinski definition) is 0. The molecule has 1 nitrogen and oxygen atoms in total. The minimum absolute atomic E-state index is 0.955. The molecule has 0 N–H and O–H groups in total. The van der Waals surface area contributed by atoms with Gasteiger partial charge in [0.05, 0.1) is 0 Å². The van der Waals surface area contributed by atoms with E-state index in [1.807, 2.05) is 6.92 Å². The van der Waals surface area contributed by atoms with Gasteiger partial charge in [0.2, 0.25) is 0 Å². The van der Waals surface area contributed by atoms with E-state index in [2.05, 4.69) is 33.8 Å². The van der Waals surface area contributed by atoms with Gasteiger partial charge < -0.3 is 4.74 Å². The zero-order valence-corrected chi connectivity index (χ0v) is 10.7. The van der Waals surface area contributed by atoms with Gasteiger partial charge in [-0.1, -0.05) is 38.3 Å². The van der Waals surface area contributed by atoms with Crippen molar-refractivity contribution in [2.24, 2.45) is 0 Å². The SMILES string of the molecule is CC=C(C)C.CCCCOCCCC. The molecule has 0 bridgehead atoms. The highest BCUT2D eigenvalue weighted by Crippen LogP contribution is 1.91. The summed E-state index contributed by atoms with van der Waals surface area (Å²) in [6.45, 7) is 12.5. The second kappa shape index (κ2) is 15.2. The van der Waals surface area contributed by atoms with Crippen molar-refractivity contribution in [1.82, 2.24) is 0 Å². The Morgan fingerprint density at radius 3 is 1.57 bits per heavy atom. The van der Waals surface area contributed by atoms with Gasteiger partial charge in [0, 0.05) is 13.2 Å². The zero-order chi connectivity index (χ0) is 11.2. The topological polar surface area (TPSA) is 9.23 Å². The van der Waals surface area contributed by atoms with Crippen molar-refractivity contribution in [2.75, 3.05) is 13.2 Å². The summed E-state index contributed by atoms with van der Waals surface area (Å²) in [6.07, 6.45) is 6.99. The Hall–Kier alpha value is -0.300. The van der Waals surface area contributed by atoms with Crippen LogP contribution in [0.2, 0.25) is 0 Å². The van der Waals surface area contributed by atoms with Crippen LogP contribution < -0.4 is 0 Å². The summed E-state index contributed by atoms with van der Waals surface area (Å²) in [5.41, 5.74) is 1.38. The van der Waals surface area contributed by atoms with Crippen LogP contribution in [0, 0.1) is 0 Å². The van der Waals surface area contributed by atoms with Crippen molar-refractivity contribution in [3.05, 3.63) is 11.6 Å². The molecule has 0 aliphatic heterocycles. The maximum atomic E-state index is 5.31. The first kappa shape index (κ1) is 16.1. The summed E-state index contributed by atoms with van der Waals surface area (Å²) in [4.78, 5) is 0. The van der Waals surface area contributed by atoms with Gasteiger partial charge in [-0.2, -0.15) is 0 Å². The number of allylic oxidation sites excluding steroid dienone is 2. The van der Waals surface area contributed by atoms with Gasteiger partial charge >= 0.3 is 0 Å². The van der Waals surface area contributed by atoms with Crippen LogP contribution in [0.15, 0.2) is 11.6 Å². The first-order valence-corrected chi connectivity index (χ1v) is 5.86. The van der Waals surface area contributed by atoms with E-state index in [0.29, 0.717) is 0 Å². The van der Waals surface area contributed by atoms with Crippen molar-refractivity contribution >= 4 is 0 Å². The van der Waals surface area contributed by atoms with E-state index in [4.69, 9.17) is 4.74 Å². The fourth-order valence-electron chi connectivity index (χ4n) is 0.595. The van der Waals surface area contributed by atoms with Gasteiger partial charge in [-0.15, -0.1) is 0 Å². The van der Waals surface area contributed by atoms with Gasteiger partial charge in [0.25, 0.3) is 0 Å². The number of unbranched alkanes of at least 4 members (excludes halogenated alkanes) is 2. The summed E-state index contributed by atoms with van der Waals surface area (Å²) in [6, 6.07) is 0. The highest BCUT2D eigenvalue weighted by Gasteiger charge is 1.84. The molecule has 86 valence electrons. The summed E-state index contributed by atoms with van der Waals surface area (Å²) in [7, 11) is 0. The molecule has 0 heterocycles. The van der Waals surface area contributed by atoms with E-state index in [9.17, 15) is 0 Å². The van der Waals surface area contributed by atoms with Crippen LogP contribution in [0.3, 0.4) is 0 Å². The lowest BCUT2D eigenvalue weighted by Gasteiger charge is -1.99. The first-order valence-electron chi connectivity index (χ1n) is 5.86. The molecular weight excluding hydrogens is 172 g/mol. The lowest BCUT2D eigenvalue weighted by Crippen LogP contribution is -1.95. The third kappa shape index (κ3) is 22.6. The van der Waals surface area contributed by atoms with Crippen molar-refractivity contribution in [3.63, 3.8) is 0 Å². The Kier molecular flexibility index (Phi) is 17.5. The predicted octanol–water partition coefficient (Wildman–Crippen LogP) is 4.58. The summed E-state index contributed by atoms with van der Waals surface area (Å²) >= 11 is 0. The monoisotopic (exact) mass is 200 g/mol. The summed E-state index contributed by atoms with van der Waals surface area (Å²) in [5.74, 6) is 0. The Balaban J connectivity index is 0. The lowest BCUT2D eigenvalue weighted by atomic mass is 10.3. The van der Waals surface area contributed by atoms with Crippen LogP contribution in [-0.2, 0) is 4.74 Å². The van der Waals surface area contributed by atoms with Crippen LogP contribution >= 0.6 is 0 Å². The lowest BCUT2D eigenvalue weighted by molar-refractivity contribution is 0.128. The van der Waals surface area contributed by atoms with Gasteiger partial charge in [0.1, 0.15) is 0 Å². The quantitative estimate of drug-likeness (QED) is 0.450. The molecule has 1 heteroatoms. The maximum absolute atomic E-state index is 5.31. The number of rotatable bonds is 6. The smallest absolute Gasteiger partial charge is 0.0465 e. The average Bonchev–Trinajstić information content (AvgIpc) is 2.19. The van der Waals surface area contributed by atoms with Crippen LogP contribution in [-0.4, -0.2) is 13.2 Å². The molecule has 0 fully saturated rings. The van der Waals surface area contributed by atoms with Gasteiger partial charge in [-0.05, 0) is 33.6 Å². The minimum Gasteiger partial charge on any atom is -0.381 e. The molecule has 0 atom stereocenters. The fourth-order valence-corrected chi connectivity index (χ4v) is 0.595. The molecule has 0 amide bonds. The molecule has 0 aliphatic rings. The van der Waals surface area contributed by atoms with Crippen LogP contribution in [0.5, 0.6) is 0 Å². The maximum Gasteiger partial charge on any atom is 0.0465 e. The molecule has 0 aromatic heterocycles. The second-order valence-corrected chi connectivity index (χ2v) is 3.69. The van der Waals surface area contributed by atoms with Gasteiger partial charge in [-0.3, -0.25) is 0 Å². The van der Waals surface area contributed by atoms with E-state index >= 15 is 0 Å². The van der Waals surface area contributed by atoms with Crippen LogP contribution in [0.25, 0.3) is 0 Å². The fraction of sp³-hybridized carbons (Fsp3) is 0.846. The summed E-state index contributed by atoms with van der Waals surface area (Å²) in [5, 5.41) is 0. The standard InChI is InChI=1S/C8H18O.C5H10/c1-3-5-7-9-8-6-4-2;1-4-5(2)3/h3-8H2,1-2H3;4H,1-3H3. The Morgan fingerprint density at radius 2 is 1.36 bits per heavy atom. The van der Waals surface area contributed by atoms with E-state index < -0.39 is 0 Å². The van der Waals surface area contributed by atoms with Crippen LogP contribution in [0.1, 0.15) is 60.3 Å². The van der Waals surface area contributed by atoms with E-state index in [1.165, 1.54) is 31.3 Å². The van der Waals surface area contributed by atoms with E-state index in [0.717, 1.165) is 13.2 Å². The highest BCUT2D eigenvalue weighted by molar-refractivity contribution is 4.88. The number of ether oxygens (including phenoxy) is 1. The molecule has 0 rings (SSSR count). The van der Waals surface area contributed by atoms with Gasteiger partial charge in [-0.25, -0.2) is 0 Å². The molecule has 0 spiro atoms. The number of hydrogen-bond acceptors (Lipinski definition) is 1. The molecule has 0 radical (unpaired) electrons. The molecule has 0 aliphatic carbocycles. The van der Waals surface area contributed by atoms with Gasteiger partial charge in [0.15, 0.2) is 0 Å². The molecule has 0 saturated heterocycles. The first-order chi connectivity index (χ1) is 6.68. The second-order valence-electron chi connectivity index (χ2n) is 3.69. The third-order valence-electron chi connectivity index (χ3n) is 1.86. The summed E-state index contributed by atoms with van der Waals surface area (Å²) < 4.78 is 5.31. The molecule has 0 unspecified atom stereocenters. The van der Waals surface area contributed by atoms with Crippen molar-refractivity contribution in [1.29, 1.82) is 0 Å². The molecule has 14 heavy (non-hydrogen) atoms. The Morgan fingerprint density at radius 1 is 1.00 bits per heavy atom. The van der Waals surface area contributed by atoms with Crippen molar-refractivity contribution in [2.45, 2.75) is 60.3 Å². The Bertz CT molecular complexity index is 106. The molecule has 0 aromatic rings. The average molecular weight is 200 g/mol.